The molecular weight excluding hydrogens is 552 g/mol. The number of aliphatic hydroxyl groups excluding tert-OH is 2. The molecule has 2 aromatic carbocycles. The molecule has 0 radical (unpaired) electrons. The summed E-state index contributed by atoms with van der Waals surface area (Å²) in [5.41, 5.74) is -2.17. The number of aliphatic hydroxyl groups is 2. The number of likely N-dealkylation sites (tertiary alicyclic amines) is 1. The molecule has 0 spiro atoms. The van der Waals surface area contributed by atoms with Gasteiger partial charge in [0.1, 0.15) is 6.04 Å². The van der Waals surface area contributed by atoms with Crippen molar-refractivity contribution in [2.75, 3.05) is 53.0 Å². The summed E-state index contributed by atoms with van der Waals surface area (Å²) in [6, 6.07) is 10.1. The van der Waals surface area contributed by atoms with Gasteiger partial charge in [0.15, 0.2) is 0 Å². The summed E-state index contributed by atoms with van der Waals surface area (Å²) < 4.78 is 79.7. The van der Waals surface area contributed by atoms with Crippen LogP contribution < -0.4 is 0 Å². The van der Waals surface area contributed by atoms with E-state index in [1.165, 1.54) is 11.9 Å². The van der Waals surface area contributed by atoms with E-state index in [1.54, 1.807) is 0 Å². The fraction of sp³-hybridized carbons (Fsp3) is 0.552. The van der Waals surface area contributed by atoms with Gasteiger partial charge in [0.25, 0.3) is 0 Å². The first kappa shape index (κ1) is 32.8. The third kappa shape index (κ3) is 9.16. The molecule has 1 aliphatic rings. The van der Waals surface area contributed by atoms with Crippen LogP contribution in [0.25, 0.3) is 0 Å². The lowest BCUT2D eigenvalue weighted by Gasteiger charge is -2.42. The Labute approximate surface area is 236 Å². The van der Waals surface area contributed by atoms with Crippen LogP contribution in [0.4, 0.5) is 26.3 Å². The van der Waals surface area contributed by atoms with Crippen molar-refractivity contribution < 1.29 is 41.4 Å². The molecule has 1 amide bonds. The molecule has 228 valence electrons. The summed E-state index contributed by atoms with van der Waals surface area (Å²) in [6.45, 7) is 2.27. The Morgan fingerprint density at radius 3 is 2.00 bits per heavy atom. The number of amides is 1. The Kier molecular flexibility index (Phi) is 11.6. The van der Waals surface area contributed by atoms with Crippen LogP contribution in [0.15, 0.2) is 48.5 Å². The van der Waals surface area contributed by atoms with E-state index in [2.05, 4.69) is 4.90 Å². The number of halogens is 6. The molecule has 0 aliphatic carbocycles. The zero-order valence-electron chi connectivity index (χ0n) is 23.0. The van der Waals surface area contributed by atoms with Gasteiger partial charge in [-0.3, -0.25) is 14.6 Å². The topological polar surface area (TPSA) is 67.3 Å². The Hall–Kier alpha value is -2.67. The van der Waals surface area contributed by atoms with E-state index in [0.29, 0.717) is 44.7 Å². The van der Waals surface area contributed by atoms with E-state index in [4.69, 9.17) is 0 Å². The van der Waals surface area contributed by atoms with Crippen molar-refractivity contribution in [1.82, 2.24) is 14.7 Å². The highest BCUT2D eigenvalue weighted by atomic mass is 19.4. The highest BCUT2D eigenvalue weighted by molar-refractivity contribution is 5.83. The second-order valence-corrected chi connectivity index (χ2v) is 10.3. The summed E-state index contributed by atoms with van der Waals surface area (Å²) in [4.78, 5) is 19.3. The molecule has 1 aliphatic heterocycles. The lowest BCUT2D eigenvalue weighted by molar-refractivity contribution is -0.143. The summed E-state index contributed by atoms with van der Waals surface area (Å²) in [5.74, 6) is -0.301. The number of hydrogen-bond donors (Lipinski definition) is 2. The van der Waals surface area contributed by atoms with Crippen molar-refractivity contribution >= 4 is 5.91 Å². The first-order valence-corrected chi connectivity index (χ1v) is 13.6. The van der Waals surface area contributed by atoms with Gasteiger partial charge < -0.3 is 15.1 Å². The van der Waals surface area contributed by atoms with E-state index in [1.807, 2.05) is 35.2 Å². The summed E-state index contributed by atoms with van der Waals surface area (Å²) in [7, 11) is 1.50. The Morgan fingerprint density at radius 1 is 0.902 bits per heavy atom. The van der Waals surface area contributed by atoms with Crippen molar-refractivity contribution in [3.05, 3.63) is 70.8 Å². The lowest BCUT2D eigenvalue weighted by atomic mass is 9.97. The van der Waals surface area contributed by atoms with Crippen molar-refractivity contribution in [3.8, 4) is 0 Å². The van der Waals surface area contributed by atoms with Crippen LogP contribution in [0.1, 0.15) is 47.6 Å². The molecular formula is C29H37F6N3O3. The lowest BCUT2D eigenvalue weighted by Crippen LogP contribution is -2.50. The molecule has 41 heavy (non-hydrogen) atoms. The number of carbonyl (C=O) groups excluding carboxylic acids is 1. The van der Waals surface area contributed by atoms with Gasteiger partial charge in [-0.15, -0.1) is 0 Å². The van der Waals surface area contributed by atoms with Crippen LogP contribution in [0.5, 0.6) is 0 Å². The molecule has 0 saturated carbocycles. The van der Waals surface area contributed by atoms with Gasteiger partial charge in [0, 0.05) is 52.4 Å². The van der Waals surface area contributed by atoms with Crippen LogP contribution in [-0.4, -0.2) is 89.8 Å². The first-order valence-electron chi connectivity index (χ1n) is 13.6. The van der Waals surface area contributed by atoms with Crippen LogP contribution in [-0.2, 0) is 23.6 Å². The molecule has 1 saturated heterocycles. The number of piperidine rings is 1. The van der Waals surface area contributed by atoms with Crippen LogP contribution in [0, 0.1) is 0 Å². The molecule has 1 atom stereocenters. The standard InChI is InChI=1S/C29H37F6N3O3/c1-36(12-8-21-18-23(28(30,31)32)20-24(19-21)29(33,34)35)27(41)26(22-6-3-2-4-7-22)38-13-9-25(10-14-38)37(15-17-40)11-5-16-39/h2-4,6-7,18-20,25-26,39-40H,5,8-17H2,1H3/t26-/m0/s1. The number of nitrogens with zero attached hydrogens (tertiary/aromatic N) is 3. The molecule has 0 unspecified atom stereocenters. The SMILES string of the molecule is CN(CCc1cc(C(F)(F)F)cc(C(F)(F)F)c1)C(=O)[C@H](c1ccccc1)N1CCC(N(CCO)CCCO)CC1. The van der Waals surface area contributed by atoms with Crippen molar-refractivity contribution in [3.63, 3.8) is 0 Å². The Bertz CT molecular complexity index is 1070. The molecule has 2 aromatic rings. The molecule has 2 N–H and O–H groups in total. The highest BCUT2D eigenvalue weighted by Crippen LogP contribution is 2.36. The smallest absolute Gasteiger partial charge is 0.396 e. The van der Waals surface area contributed by atoms with E-state index >= 15 is 0 Å². The van der Waals surface area contributed by atoms with Gasteiger partial charge in [-0.05, 0) is 55.0 Å². The summed E-state index contributed by atoms with van der Waals surface area (Å²) >= 11 is 0. The third-order valence-corrected chi connectivity index (χ3v) is 7.48. The monoisotopic (exact) mass is 589 g/mol. The van der Waals surface area contributed by atoms with Crippen LogP contribution in [0.2, 0.25) is 0 Å². The number of hydrogen-bond acceptors (Lipinski definition) is 5. The largest absolute Gasteiger partial charge is 0.416 e. The minimum absolute atomic E-state index is 0.00208. The number of carbonyl (C=O) groups is 1. The average molecular weight is 590 g/mol. The maximum atomic E-state index is 13.7. The van der Waals surface area contributed by atoms with E-state index < -0.39 is 29.5 Å². The van der Waals surface area contributed by atoms with Crippen molar-refractivity contribution in [2.24, 2.45) is 0 Å². The van der Waals surface area contributed by atoms with E-state index in [-0.39, 0.29) is 49.8 Å². The predicted octanol–water partition coefficient (Wildman–Crippen LogP) is 4.61. The molecule has 1 heterocycles. The van der Waals surface area contributed by atoms with Crippen LogP contribution >= 0.6 is 0 Å². The van der Waals surface area contributed by atoms with E-state index in [9.17, 15) is 41.4 Å². The zero-order chi connectivity index (χ0) is 30.2. The molecule has 0 aromatic heterocycles. The summed E-state index contributed by atoms with van der Waals surface area (Å²) in [6.07, 6.45) is -8.00. The Balaban J connectivity index is 1.75. The van der Waals surface area contributed by atoms with Gasteiger partial charge >= 0.3 is 12.4 Å². The normalized spacial score (nSPS) is 16.2. The molecule has 1 fully saturated rings. The fourth-order valence-electron chi connectivity index (χ4n) is 5.31. The Morgan fingerprint density at radius 2 is 1.49 bits per heavy atom. The zero-order valence-corrected chi connectivity index (χ0v) is 23.0. The van der Waals surface area contributed by atoms with Gasteiger partial charge in [-0.25, -0.2) is 0 Å². The third-order valence-electron chi connectivity index (χ3n) is 7.48. The summed E-state index contributed by atoms with van der Waals surface area (Å²) in [5, 5.41) is 18.7. The average Bonchev–Trinajstić information content (AvgIpc) is 2.94. The van der Waals surface area contributed by atoms with Gasteiger partial charge in [0.2, 0.25) is 5.91 Å². The molecule has 3 rings (SSSR count). The van der Waals surface area contributed by atoms with Gasteiger partial charge in [-0.1, -0.05) is 30.3 Å². The quantitative estimate of drug-likeness (QED) is 0.354. The highest BCUT2D eigenvalue weighted by Gasteiger charge is 2.37. The second kappa shape index (κ2) is 14.5. The maximum absolute atomic E-state index is 13.7. The number of likely N-dealkylation sites (N-methyl/N-ethyl adjacent to an activating group) is 1. The molecule has 0 bridgehead atoms. The van der Waals surface area contributed by atoms with Crippen LogP contribution in [0.3, 0.4) is 0 Å². The number of rotatable bonds is 12. The van der Waals surface area contributed by atoms with Gasteiger partial charge in [0.05, 0.1) is 17.7 Å². The second-order valence-electron chi connectivity index (χ2n) is 10.3. The molecule has 6 nitrogen and oxygen atoms in total. The minimum Gasteiger partial charge on any atom is -0.396 e. The first-order chi connectivity index (χ1) is 19.3. The number of alkyl halides is 6. The van der Waals surface area contributed by atoms with Gasteiger partial charge in [-0.2, -0.15) is 26.3 Å². The minimum atomic E-state index is -4.94. The maximum Gasteiger partial charge on any atom is 0.416 e. The molecule has 12 heteroatoms. The number of benzene rings is 2. The fourth-order valence-corrected chi connectivity index (χ4v) is 5.31. The van der Waals surface area contributed by atoms with Crippen molar-refractivity contribution in [1.29, 1.82) is 0 Å². The van der Waals surface area contributed by atoms with E-state index in [0.717, 1.165) is 18.4 Å². The predicted molar refractivity (Wildman–Crippen MR) is 142 cm³/mol. The van der Waals surface area contributed by atoms with Crippen molar-refractivity contribution in [2.45, 2.75) is 50.1 Å².